The number of thioether (sulfide) groups is 1. The van der Waals surface area contributed by atoms with Gasteiger partial charge in [0.05, 0.1) is 6.10 Å². The first kappa shape index (κ1) is 33.8. The zero-order valence-electron chi connectivity index (χ0n) is 24.8. The minimum atomic E-state index is -5.48. The van der Waals surface area contributed by atoms with Gasteiger partial charge in [-0.3, -0.25) is 0 Å². The first-order valence-electron chi connectivity index (χ1n) is 15.6. The van der Waals surface area contributed by atoms with Gasteiger partial charge in [-0.2, -0.15) is 33.7 Å². The zero-order chi connectivity index (χ0) is 30.7. The molecule has 0 aromatic heterocycles. The number of aliphatic hydroxyl groups is 1. The van der Waals surface area contributed by atoms with E-state index in [9.17, 15) is 32.2 Å². The van der Waals surface area contributed by atoms with E-state index in [0.717, 1.165) is 63.6 Å². The fourth-order valence-corrected chi connectivity index (χ4v) is 9.08. The van der Waals surface area contributed by atoms with Gasteiger partial charge in [0.25, 0.3) is 0 Å². The van der Waals surface area contributed by atoms with Crippen LogP contribution in [0.15, 0.2) is 18.2 Å². The molecule has 0 bridgehead atoms. The summed E-state index contributed by atoms with van der Waals surface area (Å²) in [5, 5.41) is 21.0. The fourth-order valence-electron chi connectivity index (χ4n) is 8.19. The molecule has 0 aliphatic heterocycles. The number of phenolic OH excluding ortho intramolecular Hbond substituents is 1. The van der Waals surface area contributed by atoms with Gasteiger partial charge >= 0.3 is 12.1 Å². The maximum atomic E-state index is 15.5. The normalized spacial score (nSPS) is 30.2. The molecule has 7 atom stereocenters. The molecule has 0 radical (unpaired) electrons. The van der Waals surface area contributed by atoms with Crippen LogP contribution < -0.4 is 0 Å². The van der Waals surface area contributed by atoms with Gasteiger partial charge in [0, 0.05) is 6.42 Å². The second kappa shape index (κ2) is 13.9. The number of hydrogen-bond donors (Lipinski definition) is 2. The van der Waals surface area contributed by atoms with Crippen molar-refractivity contribution in [2.75, 3.05) is 31.6 Å². The van der Waals surface area contributed by atoms with E-state index in [-0.39, 0.29) is 35.4 Å². The van der Waals surface area contributed by atoms with E-state index >= 15 is 4.39 Å². The van der Waals surface area contributed by atoms with Gasteiger partial charge in [-0.1, -0.05) is 13.0 Å². The first-order chi connectivity index (χ1) is 19.7. The molecule has 2 fully saturated rings. The fraction of sp³-hybridized carbons (Fsp3) is 0.812. The Morgan fingerprint density at radius 2 is 1.76 bits per heavy atom. The number of phenols is 1. The molecule has 4 rings (SSSR count). The molecule has 42 heavy (non-hydrogen) atoms. The van der Waals surface area contributed by atoms with Crippen molar-refractivity contribution in [1.82, 2.24) is 4.90 Å². The summed E-state index contributed by atoms with van der Waals surface area (Å²) in [5.41, 5.74) is 2.34. The monoisotopic (exact) mass is 623 g/mol. The summed E-state index contributed by atoms with van der Waals surface area (Å²) >= 11 is 1.39. The topological polar surface area (TPSA) is 43.7 Å². The Morgan fingerprint density at radius 3 is 2.50 bits per heavy atom. The molecule has 0 amide bonds. The van der Waals surface area contributed by atoms with Crippen molar-refractivity contribution in [2.45, 2.75) is 108 Å². The van der Waals surface area contributed by atoms with Crippen LogP contribution in [0.3, 0.4) is 0 Å². The maximum Gasteiger partial charge on any atom is 0.453 e. The zero-order valence-corrected chi connectivity index (χ0v) is 25.6. The minimum absolute atomic E-state index is 0.102. The summed E-state index contributed by atoms with van der Waals surface area (Å²) in [7, 11) is 1.96. The Labute approximate surface area is 250 Å². The van der Waals surface area contributed by atoms with Crippen molar-refractivity contribution >= 4 is 11.8 Å². The van der Waals surface area contributed by atoms with Gasteiger partial charge in [-0.15, -0.1) is 0 Å². The van der Waals surface area contributed by atoms with E-state index in [2.05, 4.69) is 17.9 Å². The van der Waals surface area contributed by atoms with Crippen LogP contribution in [-0.4, -0.2) is 71.1 Å². The summed E-state index contributed by atoms with van der Waals surface area (Å²) < 4.78 is 78.1. The molecule has 10 heteroatoms. The number of alkyl halides is 6. The van der Waals surface area contributed by atoms with Crippen LogP contribution in [0.25, 0.3) is 0 Å². The van der Waals surface area contributed by atoms with E-state index in [1.165, 1.54) is 17.3 Å². The van der Waals surface area contributed by atoms with Crippen LogP contribution in [-0.2, 0) is 6.42 Å². The molecule has 2 saturated carbocycles. The smallest absolute Gasteiger partial charge is 0.453 e. The summed E-state index contributed by atoms with van der Waals surface area (Å²) in [6.07, 6.45) is -1.04. The molecule has 1 aromatic carbocycles. The van der Waals surface area contributed by atoms with E-state index in [4.69, 9.17) is 0 Å². The van der Waals surface area contributed by atoms with E-state index < -0.39 is 24.7 Å². The number of hydrogen-bond acceptors (Lipinski definition) is 4. The van der Waals surface area contributed by atoms with Gasteiger partial charge < -0.3 is 15.1 Å². The number of rotatable bonds is 14. The second-order valence-corrected chi connectivity index (χ2v) is 14.6. The van der Waals surface area contributed by atoms with Gasteiger partial charge in [-0.25, -0.2) is 4.39 Å². The van der Waals surface area contributed by atoms with Crippen LogP contribution >= 0.6 is 11.8 Å². The predicted octanol–water partition coefficient (Wildman–Crippen LogP) is 8.38. The molecule has 0 spiro atoms. The van der Waals surface area contributed by atoms with Crippen molar-refractivity contribution in [3.63, 3.8) is 0 Å². The lowest BCUT2D eigenvalue weighted by atomic mass is 9.52. The largest absolute Gasteiger partial charge is 0.508 e. The molecular formula is C32H47F6NO2S. The molecule has 3 aliphatic rings. The number of fused-ring (bicyclic) bond motifs is 5. The van der Waals surface area contributed by atoms with Crippen molar-refractivity contribution in [3.8, 4) is 5.75 Å². The molecule has 0 heterocycles. The summed E-state index contributed by atoms with van der Waals surface area (Å²) in [6, 6.07) is 5.68. The van der Waals surface area contributed by atoms with Crippen molar-refractivity contribution < 1.29 is 36.6 Å². The van der Waals surface area contributed by atoms with Gasteiger partial charge in [0.15, 0.2) is 0 Å². The Hall–Kier alpha value is -1.13. The molecule has 3 aliphatic carbocycles. The standard InChI is InChI=1S/C32H47F6NO2S/c1-30-13-11-26-25-8-7-24(40)20-21(25)18-22(29(26)27(30)9-10-28(30)41)19-23(33)6-3-14-39(2)15-5-17-42-16-4-12-31(34,35)32(36,37)38/h7-8,20,22-23,26-29,40-41H,3-6,9-19H2,1-2H3/t22?,23?,26-,27+,28+,29-,30+/m1/s1. The third-order valence-corrected chi connectivity index (χ3v) is 11.6. The average Bonchev–Trinajstić information content (AvgIpc) is 3.21. The van der Waals surface area contributed by atoms with Crippen LogP contribution in [0, 0.1) is 23.2 Å². The molecule has 240 valence electrons. The van der Waals surface area contributed by atoms with E-state index in [1.807, 2.05) is 13.1 Å². The van der Waals surface area contributed by atoms with Gasteiger partial charge in [-0.05, 0) is 148 Å². The van der Waals surface area contributed by atoms with Crippen LogP contribution in [0.5, 0.6) is 5.75 Å². The lowest BCUT2D eigenvalue weighted by Gasteiger charge is -2.53. The van der Waals surface area contributed by atoms with Crippen molar-refractivity contribution in [3.05, 3.63) is 29.3 Å². The predicted molar refractivity (Wildman–Crippen MR) is 156 cm³/mol. The second-order valence-electron chi connectivity index (χ2n) is 13.3. The minimum Gasteiger partial charge on any atom is -0.508 e. The molecule has 0 saturated heterocycles. The highest BCUT2D eigenvalue weighted by molar-refractivity contribution is 7.99. The SMILES string of the molecule is CN(CCCSCCCC(F)(F)C(F)(F)F)CCCC(F)CC1Cc2cc(O)ccc2[C@H]2CC[C@]3(C)[C@@H](O)CC[C@H]3[C@H]12. The lowest BCUT2D eigenvalue weighted by Crippen LogP contribution is -2.47. The average molecular weight is 624 g/mol. The maximum absolute atomic E-state index is 15.5. The number of aliphatic hydroxyl groups excluding tert-OH is 1. The number of halogens is 6. The Morgan fingerprint density at radius 1 is 1.05 bits per heavy atom. The van der Waals surface area contributed by atoms with Crippen LogP contribution in [0.1, 0.15) is 88.2 Å². The Balaban J connectivity index is 1.20. The quantitative estimate of drug-likeness (QED) is 0.161. The van der Waals surface area contributed by atoms with Gasteiger partial charge in [0.2, 0.25) is 0 Å². The lowest BCUT2D eigenvalue weighted by molar-refractivity contribution is -0.284. The molecule has 2 N–H and O–H groups in total. The number of aromatic hydroxyl groups is 1. The first-order valence-corrected chi connectivity index (χ1v) is 16.7. The van der Waals surface area contributed by atoms with Crippen LogP contribution in [0.2, 0.25) is 0 Å². The highest BCUT2D eigenvalue weighted by atomic mass is 32.2. The summed E-state index contributed by atoms with van der Waals surface area (Å²) in [4.78, 5) is 2.12. The van der Waals surface area contributed by atoms with Crippen LogP contribution in [0.4, 0.5) is 26.3 Å². The number of nitrogens with zero attached hydrogens (tertiary/aromatic N) is 1. The van der Waals surface area contributed by atoms with Crippen molar-refractivity contribution in [2.24, 2.45) is 23.2 Å². The Bertz CT molecular complexity index is 1030. The third kappa shape index (κ3) is 7.74. The Kier molecular flexibility index (Phi) is 11.2. The highest BCUT2D eigenvalue weighted by Crippen LogP contribution is 2.62. The molecule has 2 unspecified atom stereocenters. The number of benzene rings is 1. The van der Waals surface area contributed by atoms with E-state index in [0.29, 0.717) is 36.3 Å². The molecule has 1 aromatic rings. The van der Waals surface area contributed by atoms with Crippen molar-refractivity contribution in [1.29, 1.82) is 0 Å². The summed E-state index contributed by atoms with van der Waals surface area (Å²) in [5.74, 6) is -2.16. The molecule has 3 nitrogen and oxygen atoms in total. The van der Waals surface area contributed by atoms with Gasteiger partial charge in [0.1, 0.15) is 11.9 Å². The van der Waals surface area contributed by atoms with E-state index in [1.54, 1.807) is 6.07 Å². The molecular weight excluding hydrogens is 576 g/mol. The summed E-state index contributed by atoms with van der Waals surface area (Å²) in [6.45, 7) is 3.73. The third-order valence-electron chi connectivity index (χ3n) is 10.5. The highest BCUT2D eigenvalue weighted by Gasteiger charge is 2.57.